The Morgan fingerprint density at radius 2 is 1.00 bits per heavy atom. The summed E-state index contributed by atoms with van der Waals surface area (Å²) in [6.45, 7) is 2.16. The molecule has 0 aliphatic heterocycles. The van der Waals surface area contributed by atoms with Gasteiger partial charge in [-0.15, -0.1) is 0 Å². The number of aliphatic hydroxyl groups excluding tert-OH is 2. The van der Waals surface area contributed by atoms with Crippen molar-refractivity contribution in [3.63, 3.8) is 0 Å². The normalized spacial score (nSPS) is 14.6. The standard InChI is InChI=1S/C44H75O10P/c1-3-5-7-9-11-13-15-17-18-19-20-21-22-24-26-28-30-32-34-36-44(48)54-42(40-53-55(49,50)52-38-41(46)37-45)39-51-43(47)35-33-31-29-27-25-23-16-14-12-10-8-6-4-2/h5,7,11,13,17-18,20-21,24,26,30,32,41-42,45-46H,3-4,6,8-10,12,14-16,19,22-23,25,27-29,31,33-40H2,1-2H3,(H,49,50)/b7-5-,13-11-,18-17-,21-20-,26-24-,32-30-. The Morgan fingerprint density at radius 3 is 1.47 bits per heavy atom. The number of aliphatic hydroxyl groups is 2. The minimum atomic E-state index is -4.64. The van der Waals surface area contributed by atoms with E-state index in [1.165, 1.54) is 57.8 Å². The van der Waals surface area contributed by atoms with Gasteiger partial charge in [-0.2, -0.15) is 0 Å². The first kappa shape index (κ1) is 52.4. The highest BCUT2D eigenvalue weighted by molar-refractivity contribution is 7.47. The SMILES string of the molecule is CC/C=C\C/C=C\C/C=C\C/C=C\C/C=C\C/C=C\CCC(=O)OC(COC(=O)CCCCCCCCCCCCCCC)COP(=O)(O)OCC(O)CO. The summed E-state index contributed by atoms with van der Waals surface area (Å²) in [4.78, 5) is 34.9. The molecule has 0 aliphatic carbocycles. The molecule has 0 spiro atoms. The first-order chi connectivity index (χ1) is 26.7. The predicted molar refractivity (Wildman–Crippen MR) is 223 cm³/mol. The second kappa shape index (κ2) is 39.6. The zero-order valence-corrected chi connectivity index (χ0v) is 35.0. The molecule has 0 aromatic heterocycles. The lowest BCUT2D eigenvalue weighted by molar-refractivity contribution is -0.161. The molecule has 10 nitrogen and oxygen atoms in total. The zero-order valence-electron chi connectivity index (χ0n) is 34.1. The minimum Gasteiger partial charge on any atom is -0.462 e. The molecule has 316 valence electrons. The molecule has 0 fully saturated rings. The van der Waals surface area contributed by atoms with E-state index in [9.17, 15) is 24.2 Å². The van der Waals surface area contributed by atoms with Gasteiger partial charge in [0, 0.05) is 12.8 Å². The third-order valence-corrected chi connectivity index (χ3v) is 9.34. The highest BCUT2D eigenvalue weighted by Gasteiger charge is 2.27. The highest BCUT2D eigenvalue weighted by atomic mass is 31.2. The van der Waals surface area contributed by atoms with Crippen molar-refractivity contribution in [1.82, 2.24) is 0 Å². The maximum absolute atomic E-state index is 12.6. The van der Waals surface area contributed by atoms with Crippen molar-refractivity contribution in [3.05, 3.63) is 72.9 Å². The lowest BCUT2D eigenvalue weighted by Gasteiger charge is -2.20. The van der Waals surface area contributed by atoms with Crippen molar-refractivity contribution < 1.29 is 47.8 Å². The molecule has 3 N–H and O–H groups in total. The van der Waals surface area contributed by atoms with E-state index in [4.69, 9.17) is 19.1 Å². The maximum Gasteiger partial charge on any atom is 0.472 e. The van der Waals surface area contributed by atoms with Crippen molar-refractivity contribution in [2.24, 2.45) is 0 Å². The number of hydrogen-bond acceptors (Lipinski definition) is 9. The molecule has 3 unspecified atom stereocenters. The maximum atomic E-state index is 12.6. The lowest BCUT2D eigenvalue weighted by Crippen LogP contribution is -2.29. The second-order valence-electron chi connectivity index (χ2n) is 13.6. The number of carbonyl (C=O) groups is 2. The fourth-order valence-electron chi connectivity index (χ4n) is 5.19. The average molecular weight is 795 g/mol. The van der Waals surface area contributed by atoms with Gasteiger partial charge in [0.05, 0.1) is 19.8 Å². The van der Waals surface area contributed by atoms with Crippen molar-refractivity contribution in [1.29, 1.82) is 0 Å². The molecule has 0 bridgehead atoms. The van der Waals surface area contributed by atoms with Crippen LogP contribution in [0.25, 0.3) is 0 Å². The van der Waals surface area contributed by atoms with Crippen LogP contribution in [0.1, 0.15) is 155 Å². The molecule has 3 atom stereocenters. The fourth-order valence-corrected chi connectivity index (χ4v) is 5.98. The van der Waals surface area contributed by atoms with Crippen LogP contribution in [-0.4, -0.2) is 65.7 Å². The monoisotopic (exact) mass is 795 g/mol. The predicted octanol–water partition coefficient (Wildman–Crippen LogP) is 10.9. The summed E-state index contributed by atoms with van der Waals surface area (Å²) in [5.74, 6) is -1.03. The molecular weight excluding hydrogens is 719 g/mol. The molecular formula is C44H75O10P. The van der Waals surface area contributed by atoms with Gasteiger partial charge in [0.15, 0.2) is 6.10 Å². The molecule has 0 saturated heterocycles. The molecule has 0 saturated carbocycles. The smallest absolute Gasteiger partial charge is 0.462 e. The molecule has 0 rings (SSSR count). The summed E-state index contributed by atoms with van der Waals surface area (Å²) in [5.41, 5.74) is 0. The number of allylic oxidation sites excluding steroid dienone is 12. The number of hydrogen-bond donors (Lipinski definition) is 3. The van der Waals surface area contributed by atoms with Gasteiger partial charge >= 0.3 is 19.8 Å². The van der Waals surface area contributed by atoms with Crippen LogP contribution in [0, 0.1) is 0 Å². The van der Waals surface area contributed by atoms with Crippen LogP contribution in [0.3, 0.4) is 0 Å². The Labute approximate surface area is 333 Å². The number of phosphoric acid groups is 1. The van der Waals surface area contributed by atoms with Gasteiger partial charge in [-0.1, -0.05) is 164 Å². The van der Waals surface area contributed by atoms with Gasteiger partial charge in [-0.3, -0.25) is 18.6 Å². The Morgan fingerprint density at radius 1 is 0.564 bits per heavy atom. The molecule has 11 heteroatoms. The van der Waals surface area contributed by atoms with Crippen molar-refractivity contribution in [2.75, 3.05) is 26.4 Å². The Balaban J connectivity index is 4.46. The van der Waals surface area contributed by atoms with Crippen molar-refractivity contribution >= 4 is 19.8 Å². The first-order valence-electron chi connectivity index (χ1n) is 20.9. The summed E-state index contributed by atoms with van der Waals surface area (Å²) < 4.78 is 32.6. The van der Waals surface area contributed by atoms with Crippen LogP contribution in [0.2, 0.25) is 0 Å². The van der Waals surface area contributed by atoms with E-state index in [1.807, 2.05) is 12.2 Å². The van der Waals surface area contributed by atoms with E-state index in [-0.39, 0.29) is 19.4 Å². The number of phosphoric ester groups is 1. The van der Waals surface area contributed by atoms with Crippen LogP contribution in [0.15, 0.2) is 72.9 Å². The van der Waals surface area contributed by atoms with Crippen molar-refractivity contribution in [3.8, 4) is 0 Å². The molecule has 55 heavy (non-hydrogen) atoms. The summed E-state index contributed by atoms with van der Waals surface area (Å²) in [6, 6.07) is 0. The topological polar surface area (TPSA) is 149 Å². The van der Waals surface area contributed by atoms with Gasteiger partial charge in [0.25, 0.3) is 0 Å². The van der Waals surface area contributed by atoms with Gasteiger partial charge < -0.3 is 24.6 Å². The first-order valence-corrected chi connectivity index (χ1v) is 22.4. The van der Waals surface area contributed by atoms with Gasteiger partial charge in [-0.25, -0.2) is 4.57 Å². The van der Waals surface area contributed by atoms with E-state index < -0.39 is 51.8 Å². The van der Waals surface area contributed by atoms with E-state index in [0.717, 1.165) is 57.8 Å². The number of carbonyl (C=O) groups excluding carboxylic acids is 2. The molecule has 0 heterocycles. The molecule has 0 aliphatic rings. The number of rotatable bonds is 38. The second-order valence-corrected chi connectivity index (χ2v) is 15.1. The van der Waals surface area contributed by atoms with Gasteiger partial charge in [0.2, 0.25) is 0 Å². The summed E-state index contributed by atoms with van der Waals surface area (Å²) in [5, 5.41) is 18.3. The Kier molecular flexibility index (Phi) is 37.8. The Bertz CT molecular complexity index is 1140. The van der Waals surface area contributed by atoms with Crippen LogP contribution >= 0.6 is 7.82 Å². The van der Waals surface area contributed by atoms with Crippen LogP contribution in [0.4, 0.5) is 0 Å². The molecule has 0 radical (unpaired) electrons. The number of ether oxygens (including phenoxy) is 2. The van der Waals surface area contributed by atoms with Crippen LogP contribution in [-0.2, 0) is 32.7 Å². The largest absolute Gasteiger partial charge is 0.472 e. The molecule has 0 aromatic rings. The third kappa shape index (κ3) is 39.4. The number of esters is 2. The summed E-state index contributed by atoms with van der Waals surface area (Å²) in [6.07, 6.45) is 44.5. The fraction of sp³-hybridized carbons (Fsp3) is 0.682. The quantitative estimate of drug-likeness (QED) is 0.0239. The van der Waals surface area contributed by atoms with Gasteiger partial charge in [-0.05, 0) is 51.4 Å². The minimum absolute atomic E-state index is 0.0571. The van der Waals surface area contributed by atoms with Crippen LogP contribution in [0.5, 0.6) is 0 Å². The van der Waals surface area contributed by atoms with E-state index >= 15 is 0 Å². The molecule has 0 aromatic carbocycles. The summed E-state index contributed by atoms with van der Waals surface area (Å²) >= 11 is 0. The molecule has 0 amide bonds. The van der Waals surface area contributed by atoms with Gasteiger partial charge in [0.1, 0.15) is 12.7 Å². The van der Waals surface area contributed by atoms with E-state index in [0.29, 0.717) is 12.8 Å². The average Bonchev–Trinajstić information content (AvgIpc) is 3.17. The highest BCUT2D eigenvalue weighted by Crippen LogP contribution is 2.43. The lowest BCUT2D eigenvalue weighted by atomic mass is 10.0. The van der Waals surface area contributed by atoms with Crippen LogP contribution < -0.4 is 0 Å². The zero-order chi connectivity index (χ0) is 40.5. The van der Waals surface area contributed by atoms with E-state index in [2.05, 4.69) is 79.1 Å². The summed E-state index contributed by atoms with van der Waals surface area (Å²) in [7, 11) is -4.64. The van der Waals surface area contributed by atoms with Crippen molar-refractivity contribution in [2.45, 2.75) is 167 Å². The number of unbranched alkanes of at least 4 members (excludes halogenated alkanes) is 12. The Hall–Kier alpha value is -2.59. The third-order valence-electron chi connectivity index (χ3n) is 8.39. The van der Waals surface area contributed by atoms with E-state index in [1.54, 1.807) is 0 Å².